The molecular weight excluding hydrogens is 410 g/mol. The SMILES string of the molecule is Cc1csc([C@H](C)N(C(=O)OC(C)(C)C)c2cc(Cl)nc3c(C(C)C)cnn23)n1. The average molecular weight is 436 g/mol. The highest BCUT2D eigenvalue weighted by Crippen LogP contribution is 2.33. The first-order valence-electron chi connectivity index (χ1n) is 9.46. The van der Waals surface area contributed by atoms with Gasteiger partial charge in [-0.1, -0.05) is 25.4 Å². The van der Waals surface area contributed by atoms with Crippen LogP contribution < -0.4 is 4.90 Å². The maximum absolute atomic E-state index is 13.3. The van der Waals surface area contributed by atoms with Crippen LogP contribution in [-0.4, -0.2) is 31.3 Å². The Hall–Kier alpha value is -2.19. The number of carbonyl (C=O) groups excluding carboxylic acids is 1. The minimum Gasteiger partial charge on any atom is -0.443 e. The molecule has 0 aliphatic heterocycles. The van der Waals surface area contributed by atoms with Crippen LogP contribution in [0.15, 0.2) is 17.6 Å². The molecule has 0 saturated carbocycles. The number of amides is 1. The summed E-state index contributed by atoms with van der Waals surface area (Å²) in [5, 5.41) is 7.53. The number of hydrogen-bond acceptors (Lipinski definition) is 6. The number of halogens is 1. The first kappa shape index (κ1) is 21.5. The van der Waals surface area contributed by atoms with Crippen molar-refractivity contribution in [2.75, 3.05) is 4.90 Å². The number of aryl methyl sites for hydroxylation is 1. The number of nitrogens with zero attached hydrogens (tertiary/aromatic N) is 5. The molecule has 0 radical (unpaired) electrons. The Balaban J connectivity index is 2.19. The largest absolute Gasteiger partial charge is 0.443 e. The third-order valence-electron chi connectivity index (χ3n) is 4.29. The van der Waals surface area contributed by atoms with E-state index < -0.39 is 11.7 Å². The van der Waals surface area contributed by atoms with Crippen molar-refractivity contribution in [3.05, 3.63) is 39.1 Å². The Bertz CT molecular complexity index is 1040. The van der Waals surface area contributed by atoms with Gasteiger partial charge in [0, 0.05) is 22.7 Å². The number of rotatable bonds is 4. The number of carbonyl (C=O) groups is 1. The normalized spacial score (nSPS) is 13.1. The smallest absolute Gasteiger partial charge is 0.416 e. The summed E-state index contributed by atoms with van der Waals surface area (Å²) in [5.74, 6) is 0.696. The number of anilines is 1. The van der Waals surface area contributed by atoms with Crippen molar-refractivity contribution < 1.29 is 9.53 Å². The van der Waals surface area contributed by atoms with Crippen molar-refractivity contribution in [1.29, 1.82) is 0 Å². The van der Waals surface area contributed by atoms with Gasteiger partial charge in [-0.05, 0) is 40.5 Å². The number of hydrogen-bond donors (Lipinski definition) is 0. The lowest BCUT2D eigenvalue weighted by atomic mass is 10.1. The number of aromatic nitrogens is 4. The van der Waals surface area contributed by atoms with Crippen molar-refractivity contribution in [2.45, 2.75) is 66.0 Å². The van der Waals surface area contributed by atoms with Gasteiger partial charge in [-0.3, -0.25) is 4.90 Å². The van der Waals surface area contributed by atoms with E-state index in [1.807, 2.05) is 40.0 Å². The third kappa shape index (κ3) is 4.53. The minimum absolute atomic E-state index is 0.209. The van der Waals surface area contributed by atoms with Gasteiger partial charge in [-0.25, -0.2) is 14.8 Å². The summed E-state index contributed by atoms with van der Waals surface area (Å²) in [5.41, 5.74) is 1.83. The fourth-order valence-electron chi connectivity index (χ4n) is 2.95. The van der Waals surface area contributed by atoms with Crippen LogP contribution in [0.5, 0.6) is 0 Å². The van der Waals surface area contributed by atoms with Gasteiger partial charge in [0.1, 0.15) is 21.6 Å². The van der Waals surface area contributed by atoms with Crippen LogP contribution >= 0.6 is 22.9 Å². The monoisotopic (exact) mass is 435 g/mol. The minimum atomic E-state index is -0.656. The fourth-order valence-corrected chi connectivity index (χ4v) is 3.97. The molecule has 0 N–H and O–H groups in total. The van der Waals surface area contributed by atoms with Crippen LogP contribution in [0.4, 0.5) is 10.6 Å². The van der Waals surface area contributed by atoms with E-state index in [0.717, 1.165) is 16.3 Å². The highest BCUT2D eigenvalue weighted by molar-refractivity contribution is 7.09. The van der Waals surface area contributed by atoms with Crippen molar-refractivity contribution in [3.63, 3.8) is 0 Å². The van der Waals surface area contributed by atoms with Gasteiger partial charge >= 0.3 is 6.09 Å². The van der Waals surface area contributed by atoms with Crippen LogP contribution in [-0.2, 0) is 4.74 Å². The molecule has 0 spiro atoms. The Morgan fingerprint density at radius 2 is 1.97 bits per heavy atom. The molecule has 0 aromatic carbocycles. The molecule has 3 rings (SSSR count). The number of thiazole rings is 1. The van der Waals surface area contributed by atoms with Crippen LogP contribution in [0, 0.1) is 6.92 Å². The lowest BCUT2D eigenvalue weighted by molar-refractivity contribution is 0.0565. The van der Waals surface area contributed by atoms with E-state index in [2.05, 4.69) is 28.9 Å². The van der Waals surface area contributed by atoms with E-state index >= 15 is 0 Å². The highest BCUT2D eigenvalue weighted by Gasteiger charge is 2.32. The molecule has 1 atom stereocenters. The molecule has 3 aromatic rings. The highest BCUT2D eigenvalue weighted by atomic mass is 35.5. The molecule has 1 amide bonds. The molecular formula is C20H26ClN5O2S. The van der Waals surface area contributed by atoms with Crippen LogP contribution in [0.2, 0.25) is 5.15 Å². The Kier molecular flexibility index (Phi) is 5.87. The summed E-state index contributed by atoms with van der Waals surface area (Å²) in [7, 11) is 0. The maximum Gasteiger partial charge on any atom is 0.416 e. The second kappa shape index (κ2) is 7.91. The van der Waals surface area contributed by atoms with E-state index in [4.69, 9.17) is 16.3 Å². The summed E-state index contributed by atoms with van der Waals surface area (Å²) in [4.78, 5) is 23.8. The summed E-state index contributed by atoms with van der Waals surface area (Å²) in [6.45, 7) is 13.5. The summed E-state index contributed by atoms with van der Waals surface area (Å²) in [6, 6.07) is 1.25. The quantitative estimate of drug-likeness (QED) is 0.486. The van der Waals surface area contributed by atoms with Gasteiger partial charge < -0.3 is 4.74 Å². The van der Waals surface area contributed by atoms with E-state index in [-0.39, 0.29) is 17.1 Å². The zero-order chi connectivity index (χ0) is 21.5. The molecule has 3 aromatic heterocycles. The van der Waals surface area contributed by atoms with E-state index in [1.165, 1.54) is 11.3 Å². The van der Waals surface area contributed by atoms with Crippen molar-refractivity contribution in [2.24, 2.45) is 0 Å². The standard InChI is InChI=1S/C20H26ClN5O2S/c1-11(2)14-9-22-26-16(8-15(21)24-17(14)26)25(19(27)28-20(5,6)7)13(4)18-23-12(3)10-29-18/h8-11,13H,1-7H3/t13-/m0/s1. The fraction of sp³-hybridized carbons (Fsp3) is 0.500. The van der Waals surface area contributed by atoms with Gasteiger partial charge in [-0.2, -0.15) is 9.61 Å². The third-order valence-corrected chi connectivity index (χ3v) is 5.62. The summed E-state index contributed by atoms with van der Waals surface area (Å²) in [6.07, 6.45) is 1.27. The maximum atomic E-state index is 13.3. The Morgan fingerprint density at radius 1 is 1.28 bits per heavy atom. The molecule has 7 nitrogen and oxygen atoms in total. The molecule has 156 valence electrons. The van der Waals surface area contributed by atoms with Gasteiger partial charge in [0.25, 0.3) is 0 Å². The molecule has 0 bridgehead atoms. The number of fused-ring (bicyclic) bond motifs is 1. The van der Waals surface area contributed by atoms with Crippen molar-refractivity contribution in [1.82, 2.24) is 19.6 Å². The molecule has 0 saturated heterocycles. The zero-order valence-corrected chi connectivity index (χ0v) is 19.3. The lowest BCUT2D eigenvalue weighted by Gasteiger charge is -2.31. The lowest BCUT2D eigenvalue weighted by Crippen LogP contribution is -2.39. The Morgan fingerprint density at radius 3 is 2.52 bits per heavy atom. The van der Waals surface area contributed by atoms with Gasteiger partial charge in [-0.15, -0.1) is 11.3 Å². The van der Waals surface area contributed by atoms with Crippen LogP contribution in [0.25, 0.3) is 5.65 Å². The van der Waals surface area contributed by atoms with Crippen molar-refractivity contribution >= 4 is 40.5 Å². The topological polar surface area (TPSA) is 72.6 Å². The average Bonchev–Trinajstić information content (AvgIpc) is 3.19. The second-order valence-corrected chi connectivity index (χ2v) is 9.56. The molecule has 9 heteroatoms. The predicted octanol–water partition coefficient (Wildman–Crippen LogP) is 5.77. The van der Waals surface area contributed by atoms with E-state index in [0.29, 0.717) is 11.5 Å². The van der Waals surface area contributed by atoms with Gasteiger partial charge in [0.2, 0.25) is 0 Å². The van der Waals surface area contributed by atoms with Gasteiger partial charge in [0.15, 0.2) is 5.65 Å². The van der Waals surface area contributed by atoms with Gasteiger partial charge in [0.05, 0.1) is 12.2 Å². The summed E-state index contributed by atoms with van der Waals surface area (Å²) < 4.78 is 7.35. The summed E-state index contributed by atoms with van der Waals surface area (Å²) >= 11 is 7.85. The molecule has 0 aliphatic carbocycles. The van der Waals surface area contributed by atoms with Crippen LogP contribution in [0.3, 0.4) is 0 Å². The van der Waals surface area contributed by atoms with Crippen LogP contribution in [0.1, 0.15) is 69.8 Å². The predicted molar refractivity (Wildman–Crippen MR) is 116 cm³/mol. The van der Waals surface area contributed by atoms with E-state index in [9.17, 15) is 4.79 Å². The van der Waals surface area contributed by atoms with E-state index in [1.54, 1.807) is 21.7 Å². The first-order valence-corrected chi connectivity index (χ1v) is 10.7. The molecule has 0 aliphatic rings. The molecule has 0 fully saturated rings. The zero-order valence-electron chi connectivity index (χ0n) is 17.7. The molecule has 0 unspecified atom stereocenters. The first-order chi connectivity index (χ1) is 13.5. The molecule has 29 heavy (non-hydrogen) atoms. The number of ether oxygens (including phenoxy) is 1. The molecule has 3 heterocycles. The second-order valence-electron chi connectivity index (χ2n) is 8.28. The Labute approximate surface area is 179 Å². The van der Waals surface area contributed by atoms with Crippen molar-refractivity contribution in [3.8, 4) is 0 Å².